The van der Waals surface area contributed by atoms with E-state index in [1.54, 1.807) is 7.11 Å². The van der Waals surface area contributed by atoms with Gasteiger partial charge in [0.2, 0.25) is 0 Å². The van der Waals surface area contributed by atoms with Crippen molar-refractivity contribution in [2.24, 2.45) is 5.73 Å². The summed E-state index contributed by atoms with van der Waals surface area (Å²) in [6, 6.07) is 7.41. The van der Waals surface area contributed by atoms with Gasteiger partial charge in [0.25, 0.3) is 5.89 Å². The number of benzene rings is 1. The van der Waals surface area contributed by atoms with Crippen LogP contribution < -0.4 is 10.5 Å². The number of hydrogen-bond acceptors (Lipinski definition) is 6. The van der Waals surface area contributed by atoms with E-state index < -0.39 is 5.54 Å². The minimum absolute atomic E-state index is 0.334. The third-order valence-electron chi connectivity index (χ3n) is 2.86. The quantitative estimate of drug-likeness (QED) is 0.869. The molecule has 108 valence electrons. The van der Waals surface area contributed by atoms with Gasteiger partial charge in [-0.3, -0.25) is 0 Å². The summed E-state index contributed by atoms with van der Waals surface area (Å²) in [6.45, 7) is 4.64. The lowest BCUT2D eigenvalue weighted by molar-refractivity contribution is 0.0962. The minimum Gasteiger partial charge on any atom is -0.497 e. The molecule has 1 unspecified atom stereocenters. The molecule has 1 aromatic heterocycles. The highest BCUT2D eigenvalue weighted by molar-refractivity contribution is 5.55. The van der Waals surface area contributed by atoms with Gasteiger partial charge in [-0.2, -0.15) is 4.98 Å². The van der Waals surface area contributed by atoms with E-state index in [0.717, 1.165) is 11.3 Å². The van der Waals surface area contributed by atoms with Crippen LogP contribution in [0.3, 0.4) is 0 Å². The number of ether oxygens (including phenoxy) is 2. The van der Waals surface area contributed by atoms with Crippen LogP contribution in [0.4, 0.5) is 0 Å². The second-order valence-electron chi connectivity index (χ2n) is 4.71. The minimum atomic E-state index is -0.781. The van der Waals surface area contributed by atoms with Crippen molar-refractivity contribution in [3.05, 3.63) is 30.1 Å². The Hall–Kier alpha value is -1.92. The number of aromatic nitrogens is 2. The predicted octanol–water partition coefficient (Wildman–Crippen LogP) is 1.96. The second kappa shape index (κ2) is 6.02. The van der Waals surface area contributed by atoms with Crippen molar-refractivity contribution in [3.63, 3.8) is 0 Å². The lowest BCUT2D eigenvalue weighted by atomic mass is 10.1. The zero-order valence-corrected chi connectivity index (χ0v) is 11.9. The first-order valence-electron chi connectivity index (χ1n) is 6.42. The van der Waals surface area contributed by atoms with Gasteiger partial charge in [0.15, 0.2) is 5.82 Å². The number of methoxy groups -OCH3 is 1. The van der Waals surface area contributed by atoms with Crippen molar-refractivity contribution in [1.82, 2.24) is 10.1 Å². The summed E-state index contributed by atoms with van der Waals surface area (Å²) in [5, 5.41) is 3.94. The fourth-order valence-electron chi connectivity index (χ4n) is 1.71. The van der Waals surface area contributed by atoms with Crippen LogP contribution in [-0.4, -0.2) is 30.5 Å². The van der Waals surface area contributed by atoms with Gasteiger partial charge in [0.05, 0.1) is 13.7 Å². The Balaban J connectivity index is 2.23. The van der Waals surface area contributed by atoms with Crippen LogP contribution in [-0.2, 0) is 10.3 Å². The molecular weight excluding hydrogens is 258 g/mol. The summed E-state index contributed by atoms with van der Waals surface area (Å²) < 4.78 is 15.8. The van der Waals surface area contributed by atoms with Gasteiger partial charge in [-0.05, 0) is 32.0 Å². The lowest BCUT2D eigenvalue weighted by Gasteiger charge is -2.19. The Morgan fingerprint density at radius 1 is 1.40 bits per heavy atom. The maximum absolute atomic E-state index is 6.14. The molecule has 0 aliphatic rings. The van der Waals surface area contributed by atoms with Crippen molar-refractivity contribution in [1.29, 1.82) is 0 Å². The van der Waals surface area contributed by atoms with E-state index in [2.05, 4.69) is 10.1 Å². The third kappa shape index (κ3) is 3.15. The summed E-state index contributed by atoms with van der Waals surface area (Å²) in [5.74, 6) is 1.56. The third-order valence-corrected chi connectivity index (χ3v) is 2.86. The molecule has 0 amide bonds. The second-order valence-corrected chi connectivity index (χ2v) is 4.71. The summed E-state index contributed by atoms with van der Waals surface area (Å²) in [5.41, 5.74) is 6.14. The molecule has 0 radical (unpaired) electrons. The van der Waals surface area contributed by atoms with E-state index in [0.29, 0.717) is 24.9 Å². The molecule has 1 aromatic carbocycles. The van der Waals surface area contributed by atoms with Crippen molar-refractivity contribution < 1.29 is 14.0 Å². The van der Waals surface area contributed by atoms with Gasteiger partial charge in [0, 0.05) is 12.2 Å². The highest BCUT2D eigenvalue weighted by Crippen LogP contribution is 2.24. The highest BCUT2D eigenvalue weighted by atomic mass is 16.5. The van der Waals surface area contributed by atoms with Gasteiger partial charge >= 0.3 is 0 Å². The van der Waals surface area contributed by atoms with Crippen molar-refractivity contribution >= 4 is 0 Å². The number of rotatable bonds is 6. The predicted molar refractivity (Wildman–Crippen MR) is 74.3 cm³/mol. The molecule has 20 heavy (non-hydrogen) atoms. The van der Waals surface area contributed by atoms with Crippen molar-refractivity contribution in [2.45, 2.75) is 19.4 Å². The van der Waals surface area contributed by atoms with Gasteiger partial charge in [-0.25, -0.2) is 0 Å². The highest BCUT2D eigenvalue weighted by Gasteiger charge is 2.28. The standard InChI is InChI=1S/C14H19N3O3/c1-4-19-9-14(2,15)13-16-12(20-17-13)10-6-5-7-11(8-10)18-3/h5-8H,4,9,15H2,1-3H3. The van der Waals surface area contributed by atoms with Crippen LogP contribution in [0.2, 0.25) is 0 Å². The maximum atomic E-state index is 6.14. The molecule has 0 bridgehead atoms. The Morgan fingerprint density at radius 2 is 2.20 bits per heavy atom. The average molecular weight is 277 g/mol. The zero-order chi connectivity index (χ0) is 14.6. The average Bonchev–Trinajstić information content (AvgIpc) is 2.96. The Kier molecular flexibility index (Phi) is 4.36. The van der Waals surface area contributed by atoms with Crippen LogP contribution in [0.5, 0.6) is 5.75 Å². The Labute approximate surface area is 117 Å². The van der Waals surface area contributed by atoms with E-state index in [1.165, 1.54) is 0 Å². The number of nitrogens with two attached hydrogens (primary N) is 1. The normalized spacial score (nSPS) is 14.0. The fourth-order valence-corrected chi connectivity index (χ4v) is 1.71. The van der Waals surface area contributed by atoms with E-state index in [1.807, 2.05) is 38.1 Å². The van der Waals surface area contributed by atoms with Crippen molar-refractivity contribution in [3.8, 4) is 17.2 Å². The molecule has 0 fully saturated rings. The van der Waals surface area contributed by atoms with Crippen LogP contribution in [0.15, 0.2) is 28.8 Å². The monoisotopic (exact) mass is 277 g/mol. The smallest absolute Gasteiger partial charge is 0.258 e. The van der Waals surface area contributed by atoms with Crippen molar-refractivity contribution in [2.75, 3.05) is 20.3 Å². The Bertz CT molecular complexity index is 566. The molecule has 6 heteroatoms. The molecule has 0 spiro atoms. The molecule has 1 heterocycles. The molecule has 2 aromatic rings. The molecule has 0 saturated heterocycles. The number of hydrogen-bond donors (Lipinski definition) is 1. The van der Waals surface area contributed by atoms with E-state index in [4.69, 9.17) is 19.7 Å². The fraction of sp³-hybridized carbons (Fsp3) is 0.429. The maximum Gasteiger partial charge on any atom is 0.258 e. The first kappa shape index (κ1) is 14.5. The SMILES string of the molecule is CCOCC(C)(N)c1noc(-c2cccc(OC)c2)n1. The van der Waals surface area contributed by atoms with Crippen LogP contribution in [0, 0.1) is 0 Å². The van der Waals surface area contributed by atoms with Crippen LogP contribution in [0.25, 0.3) is 11.5 Å². The summed E-state index contributed by atoms with van der Waals surface area (Å²) in [4.78, 5) is 4.34. The zero-order valence-electron chi connectivity index (χ0n) is 11.9. The molecule has 6 nitrogen and oxygen atoms in total. The molecule has 0 saturated carbocycles. The largest absolute Gasteiger partial charge is 0.497 e. The molecule has 2 N–H and O–H groups in total. The van der Waals surface area contributed by atoms with Gasteiger partial charge in [0.1, 0.15) is 11.3 Å². The van der Waals surface area contributed by atoms with Crippen LogP contribution >= 0.6 is 0 Å². The van der Waals surface area contributed by atoms with E-state index >= 15 is 0 Å². The summed E-state index contributed by atoms with van der Waals surface area (Å²) in [7, 11) is 1.61. The molecule has 1 atom stereocenters. The van der Waals surface area contributed by atoms with Gasteiger partial charge in [-0.1, -0.05) is 11.2 Å². The van der Waals surface area contributed by atoms with Gasteiger partial charge < -0.3 is 19.7 Å². The topological polar surface area (TPSA) is 83.4 Å². The Morgan fingerprint density at radius 3 is 2.90 bits per heavy atom. The molecular formula is C14H19N3O3. The summed E-state index contributed by atoms with van der Waals surface area (Å²) >= 11 is 0. The summed E-state index contributed by atoms with van der Waals surface area (Å²) in [6.07, 6.45) is 0. The van der Waals surface area contributed by atoms with E-state index in [9.17, 15) is 0 Å². The number of nitrogens with zero attached hydrogens (tertiary/aromatic N) is 2. The molecule has 0 aliphatic heterocycles. The first-order chi connectivity index (χ1) is 9.56. The van der Waals surface area contributed by atoms with E-state index in [-0.39, 0.29) is 0 Å². The molecule has 2 rings (SSSR count). The van der Waals surface area contributed by atoms with Crippen LogP contribution in [0.1, 0.15) is 19.7 Å². The van der Waals surface area contributed by atoms with Gasteiger partial charge in [-0.15, -0.1) is 0 Å². The first-order valence-corrected chi connectivity index (χ1v) is 6.42. The lowest BCUT2D eigenvalue weighted by Crippen LogP contribution is -2.39. The molecule has 0 aliphatic carbocycles.